The standard InChI is InChI=1S/C17H26N4O/c1-14(2)21-11-9-19-16(21)15-18-8-10-20(15)12-17(13-22-3)6-4-5-7-17/h8-11,14H,4-7,12-13H2,1-3H3. The molecule has 0 amide bonds. The SMILES string of the molecule is COCC1(Cn2ccnc2-c2nccn2C(C)C)CCCC1. The molecule has 5 nitrogen and oxygen atoms in total. The maximum atomic E-state index is 5.52. The summed E-state index contributed by atoms with van der Waals surface area (Å²) >= 11 is 0. The van der Waals surface area contributed by atoms with Crippen molar-refractivity contribution < 1.29 is 4.74 Å². The molecule has 1 aliphatic carbocycles. The summed E-state index contributed by atoms with van der Waals surface area (Å²) in [7, 11) is 1.81. The summed E-state index contributed by atoms with van der Waals surface area (Å²) in [6.45, 7) is 6.12. The van der Waals surface area contributed by atoms with Gasteiger partial charge in [0.1, 0.15) is 0 Å². The second kappa shape index (κ2) is 6.24. The van der Waals surface area contributed by atoms with E-state index in [1.54, 1.807) is 7.11 Å². The number of ether oxygens (including phenoxy) is 1. The fraction of sp³-hybridized carbons (Fsp3) is 0.647. The van der Waals surface area contributed by atoms with Gasteiger partial charge in [-0.25, -0.2) is 9.97 Å². The van der Waals surface area contributed by atoms with Crippen LogP contribution in [0.5, 0.6) is 0 Å². The number of hydrogen-bond donors (Lipinski definition) is 0. The molecule has 2 aromatic heterocycles. The minimum atomic E-state index is 0.249. The Morgan fingerprint density at radius 1 is 1.14 bits per heavy atom. The average Bonchev–Trinajstić information content (AvgIpc) is 3.19. The summed E-state index contributed by atoms with van der Waals surface area (Å²) in [6.07, 6.45) is 12.9. The number of methoxy groups -OCH3 is 1. The number of hydrogen-bond acceptors (Lipinski definition) is 3. The zero-order chi connectivity index (χ0) is 15.6. The molecule has 1 fully saturated rings. The lowest BCUT2D eigenvalue weighted by atomic mass is 9.87. The van der Waals surface area contributed by atoms with Gasteiger partial charge in [-0.1, -0.05) is 12.8 Å². The molecule has 3 rings (SSSR count). The van der Waals surface area contributed by atoms with Gasteiger partial charge in [0.2, 0.25) is 0 Å². The van der Waals surface area contributed by atoms with Crippen LogP contribution in [0.25, 0.3) is 11.6 Å². The van der Waals surface area contributed by atoms with Crippen LogP contribution in [0.4, 0.5) is 0 Å². The Morgan fingerprint density at radius 2 is 1.82 bits per heavy atom. The molecule has 120 valence electrons. The highest BCUT2D eigenvalue weighted by molar-refractivity contribution is 5.45. The van der Waals surface area contributed by atoms with Gasteiger partial charge < -0.3 is 13.9 Å². The first-order valence-electron chi connectivity index (χ1n) is 8.18. The number of aromatic nitrogens is 4. The maximum absolute atomic E-state index is 5.52. The normalized spacial score (nSPS) is 17.5. The van der Waals surface area contributed by atoms with Crippen molar-refractivity contribution in [2.75, 3.05) is 13.7 Å². The Balaban J connectivity index is 1.90. The van der Waals surface area contributed by atoms with Crippen molar-refractivity contribution in [1.29, 1.82) is 0 Å². The lowest BCUT2D eigenvalue weighted by Crippen LogP contribution is -2.29. The van der Waals surface area contributed by atoms with Crippen molar-refractivity contribution in [2.45, 2.75) is 52.1 Å². The molecule has 0 radical (unpaired) electrons. The van der Waals surface area contributed by atoms with E-state index in [0.29, 0.717) is 6.04 Å². The van der Waals surface area contributed by atoms with Crippen molar-refractivity contribution in [3.05, 3.63) is 24.8 Å². The van der Waals surface area contributed by atoms with Gasteiger partial charge in [0.15, 0.2) is 11.6 Å². The lowest BCUT2D eigenvalue weighted by molar-refractivity contribution is 0.0701. The maximum Gasteiger partial charge on any atom is 0.176 e. The van der Waals surface area contributed by atoms with Crippen LogP contribution >= 0.6 is 0 Å². The molecule has 0 atom stereocenters. The van der Waals surface area contributed by atoms with E-state index in [0.717, 1.165) is 24.8 Å². The molecule has 22 heavy (non-hydrogen) atoms. The van der Waals surface area contributed by atoms with Gasteiger partial charge in [-0.2, -0.15) is 0 Å². The molecular formula is C17H26N4O. The van der Waals surface area contributed by atoms with E-state index < -0.39 is 0 Å². The summed E-state index contributed by atoms with van der Waals surface area (Å²) in [6, 6.07) is 0.377. The molecule has 1 aliphatic rings. The fourth-order valence-electron chi connectivity index (χ4n) is 3.69. The number of nitrogens with zero attached hydrogens (tertiary/aromatic N) is 4. The summed E-state index contributed by atoms with van der Waals surface area (Å²) in [5.41, 5.74) is 0.249. The van der Waals surface area contributed by atoms with Crippen molar-refractivity contribution in [1.82, 2.24) is 19.1 Å². The predicted octanol–water partition coefficient (Wildman–Crippen LogP) is 3.53. The number of rotatable bonds is 6. The highest BCUT2D eigenvalue weighted by Gasteiger charge is 2.35. The third kappa shape index (κ3) is 2.82. The van der Waals surface area contributed by atoms with Crippen LogP contribution in [0.15, 0.2) is 24.8 Å². The molecule has 0 unspecified atom stereocenters. The minimum Gasteiger partial charge on any atom is -0.384 e. The van der Waals surface area contributed by atoms with Gasteiger partial charge in [0.25, 0.3) is 0 Å². The largest absolute Gasteiger partial charge is 0.384 e. The Labute approximate surface area is 132 Å². The number of imidazole rings is 2. The first-order chi connectivity index (χ1) is 10.7. The second-order valence-corrected chi connectivity index (χ2v) is 6.77. The van der Waals surface area contributed by atoms with Crippen molar-refractivity contribution >= 4 is 0 Å². The molecule has 0 aromatic carbocycles. The van der Waals surface area contributed by atoms with Crippen LogP contribution in [0.2, 0.25) is 0 Å². The van der Waals surface area contributed by atoms with Crippen LogP contribution in [0.1, 0.15) is 45.6 Å². The van der Waals surface area contributed by atoms with Gasteiger partial charge in [-0.15, -0.1) is 0 Å². The summed E-state index contributed by atoms with van der Waals surface area (Å²) in [4.78, 5) is 9.11. The quantitative estimate of drug-likeness (QED) is 0.820. The van der Waals surface area contributed by atoms with E-state index >= 15 is 0 Å². The fourth-order valence-corrected chi connectivity index (χ4v) is 3.69. The van der Waals surface area contributed by atoms with Crippen molar-refractivity contribution in [3.63, 3.8) is 0 Å². The third-order valence-corrected chi connectivity index (χ3v) is 4.76. The first kappa shape index (κ1) is 15.3. The molecule has 0 aliphatic heterocycles. The van der Waals surface area contributed by atoms with Crippen LogP contribution in [0, 0.1) is 5.41 Å². The molecule has 2 aromatic rings. The summed E-state index contributed by atoms with van der Waals surface area (Å²) in [5, 5.41) is 0. The van der Waals surface area contributed by atoms with Crippen molar-refractivity contribution in [2.24, 2.45) is 5.41 Å². The molecule has 5 heteroatoms. The van der Waals surface area contributed by atoms with E-state index in [4.69, 9.17) is 4.74 Å². The molecule has 0 saturated heterocycles. The van der Waals surface area contributed by atoms with Gasteiger partial charge >= 0.3 is 0 Å². The third-order valence-electron chi connectivity index (χ3n) is 4.76. The lowest BCUT2D eigenvalue weighted by Gasteiger charge is -2.29. The smallest absolute Gasteiger partial charge is 0.176 e. The van der Waals surface area contributed by atoms with Crippen LogP contribution in [-0.2, 0) is 11.3 Å². The molecule has 0 spiro atoms. The van der Waals surface area contributed by atoms with Gasteiger partial charge in [-0.3, -0.25) is 0 Å². The monoisotopic (exact) mass is 302 g/mol. The second-order valence-electron chi connectivity index (χ2n) is 6.77. The molecular weight excluding hydrogens is 276 g/mol. The topological polar surface area (TPSA) is 44.9 Å². The zero-order valence-electron chi connectivity index (χ0n) is 13.8. The molecule has 0 bridgehead atoms. The highest BCUT2D eigenvalue weighted by Crippen LogP contribution is 2.40. The van der Waals surface area contributed by atoms with Crippen LogP contribution in [0.3, 0.4) is 0 Å². The van der Waals surface area contributed by atoms with E-state index in [9.17, 15) is 0 Å². The van der Waals surface area contributed by atoms with Gasteiger partial charge in [0, 0.05) is 49.9 Å². The molecule has 0 N–H and O–H groups in total. The van der Waals surface area contributed by atoms with E-state index in [1.165, 1.54) is 25.7 Å². The summed E-state index contributed by atoms with van der Waals surface area (Å²) in [5.74, 6) is 1.91. The predicted molar refractivity (Wildman–Crippen MR) is 86.6 cm³/mol. The van der Waals surface area contributed by atoms with Crippen molar-refractivity contribution in [3.8, 4) is 11.6 Å². The van der Waals surface area contributed by atoms with E-state index in [1.807, 2.05) is 18.6 Å². The average molecular weight is 302 g/mol. The Morgan fingerprint density at radius 3 is 2.50 bits per heavy atom. The van der Waals surface area contributed by atoms with E-state index in [-0.39, 0.29) is 5.41 Å². The van der Waals surface area contributed by atoms with Gasteiger partial charge in [0.05, 0.1) is 6.61 Å². The van der Waals surface area contributed by atoms with E-state index in [2.05, 4.69) is 39.1 Å². The van der Waals surface area contributed by atoms with Crippen LogP contribution in [-0.4, -0.2) is 32.8 Å². The highest BCUT2D eigenvalue weighted by atomic mass is 16.5. The Kier molecular flexibility index (Phi) is 4.34. The molecule has 2 heterocycles. The van der Waals surface area contributed by atoms with Gasteiger partial charge in [-0.05, 0) is 26.7 Å². The molecule has 1 saturated carbocycles. The Bertz CT molecular complexity index is 608. The zero-order valence-corrected chi connectivity index (χ0v) is 13.8. The Hall–Kier alpha value is -1.62. The summed E-state index contributed by atoms with van der Waals surface area (Å²) < 4.78 is 9.95. The first-order valence-corrected chi connectivity index (χ1v) is 8.18. The van der Waals surface area contributed by atoms with Crippen LogP contribution < -0.4 is 0 Å². The minimum absolute atomic E-state index is 0.249.